The van der Waals surface area contributed by atoms with Crippen LogP contribution in [-0.4, -0.2) is 42.6 Å². The molecule has 1 amide bonds. The van der Waals surface area contributed by atoms with Crippen molar-refractivity contribution in [3.05, 3.63) is 35.2 Å². The van der Waals surface area contributed by atoms with Gasteiger partial charge in [-0.1, -0.05) is 12.1 Å². The molecule has 0 bridgehead atoms. The van der Waals surface area contributed by atoms with Crippen LogP contribution in [0.15, 0.2) is 35.2 Å². The van der Waals surface area contributed by atoms with E-state index in [2.05, 4.69) is 50.2 Å². The van der Waals surface area contributed by atoms with E-state index in [1.54, 1.807) is 11.3 Å². The molecule has 1 atom stereocenters. The number of rotatable bonds is 5. The summed E-state index contributed by atoms with van der Waals surface area (Å²) in [7, 11) is 0. The van der Waals surface area contributed by atoms with E-state index >= 15 is 0 Å². The molecule has 2 aromatic rings. The minimum Gasteiger partial charge on any atom is -0.371 e. The minimum absolute atomic E-state index is 0.196. The molecule has 25 heavy (non-hydrogen) atoms. The quantitative estimate of drug-likeness (QED) is 0.865. The van der Waals surface area contributed by atoms with Crippen molar-refractivity contribution in [1.82, 2.24) is 15.6 Å². The zero-order chi connectivity index (χ0) is 17.1. The number of carbonyl (C=O) groups excluding carboxylic acids is 1. The summed E-state index contributed by atoms with van der Waals surface area (Å²) in [5.74, 6) is 0.196. The molecule has 1 aromatic heterocycles. The Morgan fingerprint density at radius 1 is 1.28 bits per heavy atom. The molecule has 5 nitrogen and oxygen atoms in total. The monoisotopic (exact) mass is 356 g/mol. The van der Waals surface area contributed by atoms with Gasteiger partial charge in [0.1, 0.15) is 0 Å². The molecule has 2 aliphatic heterocycles. The standard InChI is InChI=1S/C19H24N4OS/c24-19-5-4-16(22-19)11-20-15-6-8-23(9-7-15)17-3-1-2-14(10-17)18-12-25-13-21-18/h1-3,10,12-13,15-16,20H,4-9,11H2,(H,22,24)/t16-/m1/s1. The lowest BCUT2D eigenvalue weighted by atomic mass is 10.0. The normalized spacial score (nSPS) is 21.5. The predicted octanol–water partition coefficient (Wildman–Crippen LogP) is 2.65. The lowest BCUT2D eigenvalue weighted by Gasteiger charge is -2.34. The number of thiazole rings is 1. The Labute approximate surface area is 152 Å². The Hall–Kier alpha value is -1.92. The first-order chi connectivity index (χ1) is 12.3. The lowest BCUT2D eigenvalue weighted by Crippen LogP contribution is -2.46. The molecule has 6 heteroatoms. The average molecular weight is 356 g/mol. The number of aromatic nitrogens is 1. The van der Waals surface area contributed by atoms with E-state index in [1.807, 2.05) is 5.51 Å². The number of piperidine rings is 1. The van der Waals surface area contributed by atoms with Crippen molar-refractivity contribution in [3.63, 3.8) is 0 Å². The summed E-state index contributed by atoms with van der Waals surface area (Å²) in [5.41, 5.74) is 5.41. The van der Waals surface area contributed by atoms with Crippen molar-refractivity contribution in [1.29, 1.82) is 0 Å². The third-order valence-corrected chi connectivity index (χ3v) is 5.76. The Kier molecular flexibility index (Phi) is 4.99. The first-order valence-electron chi connectivity index (χ1n) is 9.04. The Morgan fingerprint density at radius 3 is 2.88 bits per heavy atom. The van der Waals surface area contributed by atoms with Crippen molar-refractivity contribution in [2.75, 3.05) is 24.5 Å². The van der Waals surface area contributed by atoms with Crippen LogP contribution in [0.3, 0.4) is 0 Å². The van der Waals surface area contributed by atoms with Crippen molar-refractivity contribution < 1.29 is 4.79 Å². The van der Waals surface area contributed by atoms with Gasteiger partial charge in [0.2, 0.25) is 5.91 Å². The number of nitrogens with zero attached hydrogens (tertiary/aromatic N) is 2. The van der Waals surface area contributed by atoms with Crippen LogP contribution >= 0.6 is 11.3 Å². The maximum atomic E-state index is 11.3. The number of nitrogens with one attached hydrogen (secondary N) is 2. The molecule has 0 spiro atoms. The first kappa shape index (κ1) is 16.5. The predicted molar refractivity (Wildman–Crippen MR) is 102 cm³/mol. The third kappa shape index (κ3) is 4.02. The largest absolute Gasteiger partial charge is 0.371 e. The highest BCUT2D eigenvalue weighted by Gasteiger charge is 2.23. The molecule has 2 aliphatic rings. The van der Waals surface area contributed by atoms with Gasteiger partial charge in [-0.05, 0) is 31.4 Å². The number of hydrogen-bond acceptors (Lipinski definition) is 5. The smallest absolute Gasteiger partial charge is 0.220 e. The summed E-state index contributed by atoms with van der Waals surface area (Å²) in [6.45, 7) is 3.03. The fourth-order valence-electron chi connectivity index (χ4n) is 3.70. The third-order valence-electron chi connectivity index (χ3n) is 5.17. The molecule has 0 radical (unpaired) electrons. The summed E-state index contributed by atoms with van der Waals surface area (Å²) >= 11 is 1.63. The second-order valence-corrected chi connectivity index (χ2v) is 7.62. The Balaban J connectivity index is 1.30. The van der Waals surface area contributed by atoms with Gasteiger partial charge < -0.3 is 15.5 Å². The second-order valence-electron chi connectivity index (χ2n) is 6.90. The number of amides is 1. The van der Waals surface area contributed by atoms with Crippen molar-refractivity contribution in [2.45, 2.75) is 37.8 Å². The van der Waals surface area contributed by atoms with Gasteiger partial charge in [-0.3, -0.25) is 4.79 Å². The van der Waals surface area contributed by atoms with Crippen LogP contribution in [0.5, 0.6) is 0 Å². The highest BCUT2D eigenvalue weighted by Crippen LogP contribution is 2.26. The van der Waals surface area contributed by atoms with Crippen LogP contribution in [0, 0.1) is 0 Å². The minimum atomic E-state index is 0.196. The molecule has 1 aromatic carbocycles. The van der Waals surface area contributed by atoms with E-state index in [0.29, 0.717) is 18.5 Å². The van der Waals surface area contributed by atoms with Crippen LogP contribution in [0.25, 0.3) is 11.3 Å². The van der Waals surface area contributed by atoms with Gasteiger partial charge in [0.05, 0.1) is 11.2 Å². The molecule has 132 valence electrons. The number of hydrogen-bond donors (Lipinski definition) is 2. The van der Waals surface area contributed by atoms with Crippen molar-refractivity contribution in [3.8, 4) is 11.3 Å². The summed E-state index contributed by atoms with van der Waals surface area (Å²) in [4.78, 5) is 18.1. The molecule has 3 heterocycles. The fraction of sp³-hybridized carbons (Fsp3) is 0.474. The molecule has 0 unspecified atom stereocenters. The molecule has 4 rings (SSSR count). The highest BCUT2D eigenvalue weighted by molar-refractivity contribution is 7.07. The summed E-state index contributed by atoms with van der Waals surface area (Å²) in [6, 6.07) is 9.56. The van der Waals surface area contributed by atoms with Crippen molar-refractivity contribution in [2.24, 2.45) is 0 Å². The first-order valence-corrected chi connectivity index (χ1v) is 9.98. The maximum Gasteiger partial charge on any atom is 0.220 e. The SMILES string of the molecule is O=C1CC[C@H](CNC2CCN(c3cccc(-c4cscn4)c3)CC2)N1. The average Bonchev–Trinajstić information content (AvgIpc) is 3.32. The zero-order valence-corrected chi connectivity index (χ0v) is 15.1. The number of benzene rings is 1. The van der Waals surface area contributed by atoms with Gasteiger partial charge in [-0.15, -0.1) is 11.3 Å². The van der Waals surface area contributed by atoms with Gasteiger partial charge in [-0.2, -0.15) is 0 Å². The van der Waals surface area contributed by atoms with Gasteiger partial charge in [0.15, 0.2) is 0 Å². The van der Waals surface area contributed by atoms with Crippen LogP contribution in [0.2, 0.25) is 0 Å². The van der Waals surface area contributed by atoms with E-state index in [4.69, 9.17) is 0 Å². The van der Waals surface area contributed by atoms with Gasteiger partial charge in [0, 0.05) is 54.8 Å². The van der Waals surface area contributed by atoms with E-state index in [1.165, 1.54) is 11.3 Å². The van der Waals surface area contributed by atoms with Crippen LogP contribution in [0.1, 0.15) is 25.7 Å². The molecular weight excluding hydrogens is 332 g/mol. The molecule has 2 fully saturated rings. The molecule has 2 saturated heterocycles. The van der Waals surface area contributed by atoms with E-state index in [-0.39, 0.29) is 5.91 Å². The van der Waals surface area contributed by atoms with E-state index in [0.717, 1.165) is 44.6 Å². The summed E-state index contributed by atoms with van der Waals surface area (Å²) in [5, 5.41) is 8.76. The Bertz CT molecular complexity index is 710. The molecule has 0 saturated carbocycles. The molecule has 2 N–H and O–H groups in total. The highest BCUT2D eigenvalue weighted by atomic mass is 32.1. The second kappa shape index (κ2) is 7.54. The van der Waals surface area contributed by atoms with Gasteiger partial charge >= 0.3 is 0 Å². The van der Waals surface area contributed by atoms with E-state index in [9.17, 15) is 4.79 Å². The van der Waals surface area contributed by atoms with Crippen LogP contribution < -0.4 is 15.5 Å². The number of anilines is 1. The zero-order valence-electron chi connectivity index (χ0n) is 14.3. The lowest BCUT2D eigenvalue weighted by molar-refractivity contribution is -0.119. The van der Waals surface area contributed by atoms with Crippen LogP contribution in [0.4, 0.5) is 5.69 Å². The van der Waals surface area contributed by atoms with E-state index < -0.39 is 0 Å². The number of carbonyl (C=O) groups is 1. The maximum absolute atomic E-state index is 11.3. The summed E-state index contributed by atoms with van der Waals surface area (Å²) < 4.78 is 0. The topological polar surface area (TPSA) is 57.3 Å². The van der Waals surface area contributed by atoms with Gasteiger partial charge in [0.25, 0.3) is 0 Å². The van der Waals surface area contributed by atoms with Crippen LogP contribution in [-0.2, 0) is 4.79 Å². The van der Waals surface area contributed by atoms with Crippen molar-refractivity contribution >= 4 is 22.9 Å². The Morgan fingerprint density at radius 2 is 2.16 bits per heavy atom. The van der Waals surface area contributed by atoms with Gasteiger partial charge in [-0.25, -0.2) is 4.98 Å². The summed E-state index contributed by atoms with van der Waals surface area (Å²) in [6.07, 6.45) is 3.93. The fourth-order valence-corrected chi connectivity index (χ4v) is 4.26. The molecule has 0 aliphatic carbocycles. The molecular formula is C19H24N4OS.